The molecule has 0 fully saturated rings. The summed E-state index contributed by atoms with van der Waals surface area (Å²) >= 11 is 5.87. The van der Waals surface area contributed by atoms with Gasteiger partial charge in [0, 0.05) is 0 Å². The lowest BCUT2D eigenvalue weighted by atomic mass is 10.1. The van der Waals surface area contributed by atoms with E-state index in [0.29, 0.717) is 5.69 Å². The Morgan fingerprint density at radius 1 is 1.42 bits per heavy atom. The smallest absolute Gasteiger partial charge is 0.300 e. The van der Waals surface area contributed by atoms with Crippen LogP contribution >= 0.6 is 11.6 Å². The second-order valence-corrected chi connectivity index (χ2v) is 4.20. The fourth-order valence-electron chi connectivity index (χ4n) is 1.80. The van der Waals surface area contributed by atoms with Crippen LogP contribution in [-0.2, 0) is 9.59 Å². The summed E-state index contributed by atoms with van der Waals surface area (Å²) in [5.41, 5.74) is 0.428. The molecule has 0 spiro atoms. The first-order chi connectivity index (χ1) is 9.06. The fourth-order valence-corrected chi connectivity index (χ4v) is 2.05. The van der Waals surface area contributed by atoms with E-state index in [1.54, 1.807) is 18.2 Å². The molecule has 96 valence electrons. The molecule has 1 aliphatic rings. The molecule has 0 atom stereocenters. The van der Waals surface area contributed by atoms with Crippen LogP contribution in [0.5, 0.6) is 0 Å². The maximum atomic E-state index is 11.8. The first kappa shape index (κ1) is 13.1. The van der Waals surface area contributed by atoms with E-state index in [4.69, 9.17) is 16.9 Å². The number of halogens is 1. The number of rotatable bonds is 3. The first-order valence-corrected chi connectivity index (χ1v) is 5.72. The molecule has 1 N–H and O–H groups in total. The largest absolute Gasteiger partial charge is 0.341 e. The standard InChI is InChI=1S/C12H8ClN3O3/c13-7-2-1-3-8-10(7)11(18)12(19)16(8)6-9(17)15-5-4-14/h1-3H,5-6H2,(H,15,17). The Morgan fingerprint density at radius 2 is 2.16 bits per heavy atom. The van der Waals surface area contributed by atoms with E-state index >= 15 is 0 Å². The average molecular weight is 278 g/mol. The number of fused-ring (bicyclic) bond motifs is 1. The molecule has 7 heteroatoms. The summed E-state index contributed by atoms with van der Waals surface area (Å²) in [6.45, 7) is -0.475. The van der Waals surface area contributed by atoms with Crippen molar-refractivity contribution in [1.82, 2.24) is 5.32 Å². The maximum absolute atomic E-state index is 11.8. The molecule has 1 aromatic rings. The number of Topliss-reactive ketones (excluding diaryl/α,β-unsaturated/α-hetero) is 1. The third-order valence-electron chi connectivity index (χ3n) is 2.62. The summed E-state index contributed by atoms with van der Waals surface area (Å²) in [5.74, 6) is -2.04. The van der Waals surface area contributed by atoms with Gasteiger partial charge in [0.25, 0.3) is 11.7 Å². The molecule has 0 bridgehead atoms. The van der Waals surface area contributed by atoms with Crippen LogP contribution in [0.2, 0.25) is 5.02 Å². The van der Waals surface area contributed by atoms with Crippen molar-refractivity contribution in [1.29, 1.82) is 5.26 Å². The number of nitriles is 1. The lowest BCUT2D eigenvalue weighted by molar-refractivity contribution is -0.121. The number of hydrogen-bond acceptors (Lipinski definition) is 4. The quantitative estimate of drug-likeness (QED) is 0.644. The van der Waals surface area contributed by atoms with Gasteiger partial charge in [-0.1, -0.05) is 17.7 Å². The van der Waals surface area contributed by atoms with Crippen LogP contribution in [0.1, 0.15) is 10.4 Å². The molecule has 0 aliphatic carbocycles. The molecule has 19 heavy (non-hydrogen) atoms. The average Bonchev–Trinajstić information content (AvgIpc) is 2.63. The Labute approximate surface area is 113 Å². The Morgan fingerprint density at radius 3 is 2.84 bits per heavy atom. The van der Waals surface area contributed by atoms with Crippen molar-refractivity contribution in [2.75, 3.05) is 18.0 Å². The highest BCUT2D eigenvalue weighted by Crippen LogP contribution is 2.33. The highest BCUT2D eigenvalue weighted by atomic mass is 35.5. The highest BCUT2D eigenvalue weighted by Gasteiger charge is 2.38. The van der Waals surface area contributed by atoms with Gasteiger partial charge in [-0.25, -0.2) is 0 Å². The Balaban J connectivity index is 2.27. The van der Waals surface area contributed by atoms with Crippen LogP contribution in [0.4, 0.5) is 5.69 Å². The van der Waals surface area contributed by atoms with Crippen LogP contribution in [0.15, 0.2) is 18.2 Å². The minimum Gasteiger partial charge on any atom is -0.341 e. The number of carbonyl (C=O) groups is 3. The van der Waals surface area contributed by atoms with E-state index < -0.39 is 17.6 Å². The monoisotopic (exact) mass is 277 g/mol. The zero-order chi connectivity index (χ0) is 14.0. The number of benzene rings is 1. The van der Waals surface area contributed by atoms with Crippen LogP contribution in [-0.4, -0.2) is 30.7 Å². The molecule has 1 aromatic carbocycles. The van der Waals surface area contributed by atoms with Gasteiger partial charge in [-0.15, -0.1) is 0 Å². The summed E-state index contributed by atoms with van der Waals surface area (Å²) in [4.78, 5) is 36.1. The molecule has 0 saturated heterocycles. The number of ketones is 1. The van der Waals surface area contributed by atoms with Crippen molar-refractivity contribution >= 4 is 34.9 Å². The number of nitrogens with zero attached hydrogens (tertiary/aromatic N) is 2. The number of nitrogens with one attached hydrogen (secondary N) is 1. The van der Waals surface area contributed by atoms with Crippen molar-refractivity contribution in [3.05, 3.63) is 28.8 Å². The van der Waals surface area contributed by atoms with E-state index in [0.717, 1.165) is 4.90 Å². The summed E-state index contributed by atoms with van der Waals surface area (Å²) in [6.07, 6.45) is 0. The molecule has 0 unspecified atom stereocenters. The molecule has 1 heterocycles. The van der Waals surface area contributed by atoms with Gasteiger partial charge >= 0.3 is 0 Å². The van der Waals surface area contributed by atoms with Crippen LogP contribution in [0, 0.1) is 11.3 Å². The molecule has 2 amide bonds. The van der Waals surface area contributed by atoms with E-state index in [9.17, 15) is 14.4 Å². The molecule has 2 rings (SSSR count). The Bertz CT molecular complexity index is 621. The third-order valence-corrected chi connectivity index (χ3v) is 2.93. The first-order valence-electron chi connectivity index (χ1n) is 5.34. The predicted octanol–water partition coefficient (Wildman–Crippen LogP) is 0.509. The predicted molar refractivity (Wildman–Crippen MR) is 66.8 cm³/mol. The second kappa shape index (κ2) is 5.08. The molecule has 0 radical (unpaired) electrons. The summed E-state index contributed by atoms with van der Waals surface area (Å²) in [6, 6.07) is 6.39. The Kier molecular flexibility index (Phi) is 3.49. The lowest BCUT2D eigenvalue weighted by Crippen LogP contribution is -2.40. The van der Waals surface area contributed by atoms with Gasteiger partial charge < -0.3 is 5.32 Å². The van der Waals surface area contributed by atoms with Gasteiger partial charge in [0.1, 0.15) is 13.1 Å². The minimum absolute atomic E-state index is 0.113. The van der Waals surface area contributed by atoms with E-state index in [1.165, 1.54) is 6.07 Å². The van der Waals surface area contributed by atoms with Gasteiger partial charge in [0.2, 0.25) is 5.91 Å². The third kappa shape index (κ3) is 2.28. The van der Waals surface area contributed by atoms with Crippen molar-refractivity contribution < 1.29 is 14.4 Å². The number of anilines is 1. The zero-order valence-electron chi connectivity index (χ0n) is 9.64. The van der Waals surface area contributed by atoms with Crippen molar-refractivity contribution in [3.63, 3.8) is 0 Å². The SMILES string of the molecule is N#CCNC(=O)CN1C(=O)C(=O)c2c(Cl)cccc21. The van der Waals surface area contributed by atoms with Crippen molar-refractivity contribution in [3.8, 4) is 6.07 Å². The Hall–Kier alpha value is -2.39. The van der Waals surface area contributed by atoms with Gasteiger partial charge in [-0.05, 0) is 12.1 Å². The molecule has 0 saturated carbocycles. The van der Waals surface area contributed by atoms with Crippen LogP contribution in [0.25, 0.3) is 0 Å². The lowest BCUT2D eigenvalue weighted by Gasteiger charge is -2.15. The zero-order valence-corrected chi connectivity index (χ0v) is 10.4. The number of hydrogen-bond donors (Lipinski definition) is 1. The summed E-state index contributed by atoms with van der Waals surface area (Å²) in [7, 11) is 0. The van der Waals surface area contributed by atoms with Gasteiger partial charge in [0.15, 0.2) is 0 Å². The van der Waals surface area contributed by atoms with Gasteiger partial charge in [-0.3, -0.25) is 19.3 Å². The maximum Gasteiger partial charge on any atom is 0.300 e. The van der Waals surface area contributed by atoms with Crippen LogP contribution in [0.3, 0.4) is 0 Å². The molecule has 1 aliphatic heterocycles. The van der Waals surface area contributed by atoms with Gasteiger partial charge in [0.05, 0.1) is 22.3 Å². The van der Waals surface area contributed by atoms with E-state index in [1.807, 2.05) is 0 Å². The molecular weight excluding hydrogens is 270 g/mol. The summed E-state index contributed by atoms with van der Waals surface area (Å²) < 4.78 is 0. The topological polar surface area (TPSA) is 90.3 Å². The number of carbonyl (C=O) groups excluding carboxylic acids is 3. The molecular formula is C12H8ClN3O3. The molecule has 0 aromatic heterocycles. The van der Waals surface area contributed by atoms with E-state index in [2.05, 4.69) is 5.32 Å². The second-order valence-electron chi connectivity index (χ2n) is 3.79. The van der Waals surface area contributed by atoms with Crippen molar-refractivity contribution in [2.45, 2.75) is 0 Å². The normalized spacial score (nSPS) is 13.2. The van der Waals surface area contributed by atoms with Crippen molar-refractivity contribution in [2.24, 2.45) is 0 Å². The van der Waals surface area contributed by atoms with Crippen LogP contribution < -0.4 is 10.2 Å². The fraction of sp³-hybridized carbons (Fsp3) is 0.167. The molecule has 6 nitrogen and oxygen atoms in total. The van der Waals surface area contributed by atoms with E-state index in [-0.39, 0.29) is 23.7 Å². The highest BCUT2D eigenvalue weighted by molar-refractivity contribution is 6.55. The minimum atomic E-state index is -0.796. The summed E-state index contributed by atoms with van der Waals surface area (Å²) in [5, 5.41) is 10.8. The van der Waals surface area contributed by atoms with Gasteiger partial charge in [-0.2, -0.15) is 5.26 Å². The number of amides is 2.